The number of methoxy groups -OCH3 is 1. The van der Waals surface area contributed by atoms with Crippen LogP contribution in [0.5, 0.6) is 5.75 Å². The number of carbonyl (C=O) groups is 1. The second-order valence-corrected chi connectivity index (χ2v) is 11.2. The number of aliphatic hydroxyl groups is 1. The molecule has 5 rings (SSSR count). The Bertz CT molecular complexity index is 1370. The molecule has 1 heterocycles. The summed E-state index contributed by atoms with van der Waals surface area (Å²) in [6.07, 6.45) is 1.35. The maximum Gasteiger partial charge on any atom is 0.492 e. The molecule has 0 saturated carbocycles. The van der Waals surface area contributed by atoms with Crippen molar-refractivity contribution in [2.24, 2.45) is 0 Å². The molecule has 8 heteroatoms. The number of benzene rings is 3. The summed E-state index contributed by atoms with van der Waals surface area (Å²) in [6, 6.07) is 21.9. The first-order valence-corrected chi connectivity index (χ1v) is 13.6. The molecule has 0 radical (unpaired) electrons. The third-order valence-corrected chi connectivity index (χ3v) is 8.15. The van der Waals surface area contributed by atoms with Gasteiger partial charge >= 0.3 is 13.2 Å². The van der Waals surface area contributed by atoms with Crippen molar-refractivity contribution < 1.29 is 28.7 Å². The largest absolute Gasteiger partial charge is 0.496 e. The Morgan fingerprint density at radius 1 is 0.975 bits per heavy atom. The lowest BCUT2D eigenvalue weighted by Crippen LogP contribution is -2.41. The van der Waals surface area contributed by atoms with E-state index in [1.807, 2.05) is 64.1 Å². The summed E-state index contributed by atoms with van der Waals surface area (Å²) in [4.78, 5) is 13.0. The van der Waals surface area contributed by atoms with Gasteiger partial charge in [0.25, 0.3) is 0 Å². The number of hydrogen-bond donors (Lipinski definition) is 2. The molecule has 2 N–H and O–H groups in total. The van der Waals surface area contributed by atoms with Gasteiger partial charge in [0.15, 0.2) is 0 Å². The first-order valence-electron chi connectivity index (χ1n) is 13.6. The number of hydrogen-bond acceptors (Lipinski definition) is 6. The van der Waals surface area contributed by atoms with Gasteiger partial charge in [0.1, 0.15) is 12.4 Å². The molecule has 0 aromatic heterocycles. The van der Waals surface area contributed by atoms with Crippen LogP contribution in [0.1, 0.15) is 55.9 Å². The van der Waals surface area contributed by atoms with Crippen molar-refractivity contribution in [1.82, 2.24) is 5.32 Å². The second-order valence-electron chi connectivity index (χ2n) is 11.2. The SMILES string of the molecule is COc1ccc(CO)cc1C=C(CNC(=O)OCC1c2ccccc2-c2ccccc21)B1OC(C)(C)C(C)(C)O1. The number of ether oxygens (including phenoxy) is 2. The van der Waals surface area contributed by atoms with Crippen molar-refractivity contribution in [3.63, 3.8) is 0 Å². The predicted molar refractivity (Wildman–Crippen MR) is 156 cm³/mol. The van der Waals surface area contributed by atoms with E-state index in [1.165, 1.54) is 11.1 Å². The Morgan fingerprint density at radius 3 is 2.15 bits per heavy atom. The number of rotatable bonds is 8. The van der Waals surface area contributed by atoms with Gasteiger partial charge in [-0.15, -0.1) is 0 Å². The van der Waals surface area contributed by atoms with Crippen LogP contribution in [0.2, 0.25) is 0 Å². The van der Waals surface area contributed by atoms with E-state index in [0.717, 1.165) is 22.3 Å². The zero-order chi connectivity index (χ0) is 28.5. The van der Waals surface area contributed by atoms with E-state index >= 15 is 0 Å². The molecule has 0 spiro atoms. The average Bonchev–Trinajstić information content (AvgIpc) is 3.38. The monoisotopic (exact) mass is 541 g/mol. The van der Waals surface area contributed by atoms with Crippen molar-refractivity contribution in [3.8, 4) is 16.9 Å². The van der Waals surface area contributed by atoms with Crippen molar-refractivity contribution >= 4 is 19.3 Å². The van der Waals surface area contributed by atoms with Crippen molar-refractivity contribution in [1.29, 1.82) is 0 Å². The molecule has 208 valence electrons. The fraction of sp³-hybridized carbons (Fsp3) is 0.344. The molecule has 1 amide bonds. The Balaban J connectivity index is 1.34. The van der Waals surface area contributed by atoms with E-state index in [9.17, 15) is 9.90 Å². The molecule has 0 bridgehead atoms. The molecule has 1 aliphatic heterocycles. The molecule has 0 unspecified atom stereocenters. The van der Waals surface area contributed by atoms with Crippen molar-refractivity contribution in [3.05, 3.63) is 94.5 Å². The molecular formula is C32H36BNO6. The van der Waals surface area contributed by atoms with E-state index in [4.69, 9.17) is 18.8 Å². The summed E-state index contributed by atoms with van der Waals surface area (Å²) in [6.45, 7) is 8.19. The number of nitrogens with one attached hydrogen (secondary N) is 1. The molecule has 1 aliphatic carbocycles. The lowest BCUT2D eigenvalue weighted by atomic mass is 9.77. The molecular weight excluding hydrogens is 505 g/mol. The Kier molecular flexibility index (Phi) is 7.77. The van der Waals surface area contributed by atoms with Gasteiger partial charge in [-0.3, -0.25) is 0 Å². The fourth-order valence-corrected chi connectivity index (χ4v) is 5.22. The van der Waals surface area contributed by atoms with Gasteiger partial charge in [-0.2, -0.15) is 0 Å². The molecule has 2 aliphatic rings. The maximum atomic E-state index is 13.0. The minimum absolute atomic E-state index is 0.0262. The number of alkyl carbamates (subject to hydrolysis) is 1. The van der Waals surface area contributed by atoms with Gasteiger partial charge in [-0.25, -0.2) is 4.79 Å². The van der Waals surface area contributed by atoms with Crippen molar-refractivity contribution in [2.75, 3.05) is 20.3 Å². The fourth-order valence-electron chi connectivity index (χ4n) is 5.22. The summed E-state index contributed by atoms with van der Waals surface area (Å²) in [5.74, 6) is 0.606. The van der Waals surface area contributed by atoms with Crippen LogP contribution in [0.25, 0.3) is 17.2 Å². The summed E-state index contributed by atoms with van der Waals surface area (Å²) in [5.41, 5.74) is 5.73. The molecule has 1 saturated heterocycles. The zero-order valence-corrected chi connectivity index (χ0v) is 23.7. The van der Waals surface area contributed by atoms with Gasteiger partial charge in [-0.1, -0.05) is 60.7 Å². The minimum Gasteiger partial charge on any atom is -0.496 e. The Labute approximate surface area is 236 Å². The molecule has 0 atom stereocenters. The van der Waals surface area contributed by atoms with Crippen LogP contribution in [0.15, 0.2) is 72.2 Å². The van der Waals surface area contributed by atoms with Crippen molar-refractivity contribution in [2.45, 2.75) is 51.4 Å². The van der Waals surface area contributed by atoms with Crippen LogP contribution < -0.4 is 10.1 Å². The van der Waals surface area contributed by atoms with Crippen LogP contribution in [0, 0.1) is 0 Å². The van der Waals surface area contributed by atoms with Gasteiger partial charge in [0, 0.05) is 18.0 Å². The van der Waals surface area contributed by atoms with E-state index in [-0.39, 0.29) is 25.7 Å². The van der Waals surface area contributed by atoms with Gasteiger partial charge in [0.05, 0.1) is 24.9 Å². The molecule has 7 nitrogen and oxygen atoms in total. The third kappa shape index (κ3) is 5.39. The van der Waals surface area contributed by atoms with E-state index in [1.54, 1.807) is 19.2 Å². The highest BCUT2D eigenvalue weighted by Gasteiger charge is 2.52. The molecule has 40 heavy (non-hydrogen) atoms. The predicted octanol–water partition coefficient (Wildman–Crippen LogP) is 5.74. The van der Waals surface area contributed by atoms with Crippen LogP contribution in [-0.4, -0.2) is 49.8 Å². The number of amides is 1. The van der Waals surface area contributed by atoms with E-state index in [2.05, 4.69) is 29.6 Å². The third-order valence-electron chi connectivity index (χ3n) is 8.15. The highest BCUT2D eigenvalue weighted by Crippen LogP contribution is 2.44. The number of aliphatic hydroxyl groups excluding tert-OH is 1. The molecule has 3 aromatic rings. The topological polar surface area (TPSA) is 86.3 Å². The maximum absolute atomic E-state index is 13.0. The van der Waals surface area contributed by atoms with Crippen LogP contribution >= 0.6 is 0 Å². The quantitative estimate of drug-likeness (QED) is 0.354. The first-order chi connectivity index (χ1) is 19.1. The van der Waals surface area contributed by atoms with Gasteiger partial charge in [-0.05, 0) is 73.1 Å². The summed E-state index contributed by atoms with van der Waals surface area (Å²) < 4.78 is 23.9. The van der Waals surface area contributed by atoms with Crippen LogP contribution in [-0.2, 0) is 20.7 Å². The summed E-state index contributed by atoms with van der Waals surface area (Å²) in [7, 11) is 0.899. The average molecular weight is 541 g/mol. The number of carbonyl (C=O) groups excluding carboxylic acids is 1. The van der Waals surface area contributed by atoms with Crippen LogP contribution in [0.4, 0.5) is 4.79 Å². The summed E-state index contributed by atoms with van der Waals surface area (Å²) in [5, 5.41) is 12.6. The highest BCUT2D eigenvalue weighted by molar-refractivity contribution is 6.56. The Morgan fingerprint density at radius 2 is 1.57 bits per heavy atom. The zero-order valence-electron chi connectivity index (χ0n) is 23.7. The van der Waals surface area contributed by atoms with Crippen LogP contribution in [0.3, 0.4) is 0 Å². The lowest BCUT2D eigenvalue weighted by molar-refractivity contribution is 0.00578. The smallest absolute Gasteiger partial charge is 0.492 e. The van der Waals surface area contributed by atoms with E-state index < -0.39 is 24.4 Å². The second kappa shape index (κ2) is 11.1. The lowest BCUT2D eigenvalue weighted by Gasteiger charge is -2.32. The van der Waals surface area contributed by atoms with Gasteiger partial charge < -0.3 is 29.2 Å². The number of fused-ring (bicyclic) bond motifs is 3. The summed E-state index contributed by atoms with van der Waals surface area (Å²) >= 11 is 0. The normalized spacial score (nSPS) is 17.4. The standard InChI is InChI=1S/C32H36BNO6/c1-31(2)32(3,4)40-33(39-31)23(17-22-16-21(19-35)14-15-29(22)37-5)18-34-30(36)38-20-28-26-12-8-6-10-24(26)25-11-7-9-13-27(25)28/h6-17,28,35H,18-20H2,1-5H3,(H,34,36). The minimum atomic E-state index is -0.693. The van der Waals surface area contributed by atoms with E-state index in [0.29, 0.717) is 11.2 Å². The van der Waals surface area contributed by atoms with Gasteiger partial charge in [0.2, 0.25) is 0 Å². The highest BCUT2D eigenvalue weighted by atomic mass is 16.7. The molecule has 1 fully saturated rings. The molecule has 3 aromatic carbocycles. The Hall–Kier alpha value is -3.59. The first kappa shape index (κ1) is 28.0.